The number of halogens is 3. The molecule has 0 bridgehead atoms. The standard InChI is InChI=1S/C14H19F3N2O4S/c1-4-12(18-23-8-7-22-3)11-9-10(2)5-6-13(11)19-24(20,21)14(15,16)17/h5-6,9,19H,4,7-8H2,1-3H3/b18-12+. The summed E-state index contributed by atoms with van der Waals surface area (Å²) in [6, 6.07) is 4.29. The molecule has 0 heterocycles. The third-order valence-electron chi connectivity index (χ3n) is 2.92. The quantitative estimate of drug-likeness (QED) is 0.435. The molecule has 0 unspecified atom stereocenters. The number of benzene rings is 1. The van der Waals surface area contributed by atoms with E-state index in [1.165, 1.54) is 25.3 Å². The topological polar surface area (TPSA) is 77.0 Å². The van der Waals surface area contributed by atoms with E-state index in [4.69, 9.17) is 9.57 Å². The van der Waals surface area contributed by atoms with Gasteiger partial charge in [0.05, 0.1) is 18.0 Å². The Morgan fingerprint density at radius 1 is 1.29 bits per heavy atom. The van der Waals surface area contributed by atoms with E-state index in [0.717, 1.165) is 5.56 Å². The maximum absolute atomic E-state index is 12.6. The Hall–Kier alpha value is -1.81. The summed E-state index contributed by atoms with van der Waals surface area (Å²) in [5.74, 6) is 0. The SMILES string of the molecule is CC/C(=N\OCCOC)c1cc(C)ccc1NS(=O)(=O)C(F)(F)F. The minimum absolute atomic E-state index is 0.162. The zero-order chi connectivity index (χ0) is 18.4. The van der Waals surface area contributed by atoms with Gasteiger partial charge in [-0.1, -0.05) is 23.7 Å². The highest BCUT2D eigenvalue weighted by atomic mass is 32.2. The first-order chi connectivity index (χ1) is 11.1. The van der Waals surface area contributed by atoms with Crippen molar-refractivity contribution in [2.45, 2.75) is 25.8 Å². The molecule has 10 heteroatoms. The van der Waals surface area contributed by atoms with Crippen molar-refractivity contribution in [3.63, 3.8) is 0 Å². The predicted molar refractivity (Wildman–Crippen MR) is 84.4 cm³/mol. The number of sulfonamides is 1. The van der Waals surface area contributed by atoms with E-state index in [2.05, 4.69) is 5.16 Å². The highest BCUT2D eigenvalue weighted by molar-refractivity contribution is 7.93. The van der Waals surface area contributed by atoms with Crippen molar-refractivity contribution in [1.29, 1.82) is 0 Å². The smallest absolute Gasteiger partial charge is 0.393 e. The van der Waals surface area contributed by atoms with Gasteiger partial charge in [-0.3, -0.25) is 4.72 Å². The molecule has 0 amide bonds. The Bertz CT molecular complexity index is 688. The first kappa shape index (κ1) is 20.2. The summed E-state index contributed by atoms with van der Waals surface area (Å²) in [6.45, 7) is 3.91. The molecule has 0 aliphatic rings. The second kappa shape index (κ2) is 8.34. The van der Waals surface area contributed by atoms with Crippen LogP contribution in [0.2, 0.25) is 0 Å². The van der Waals surface area contributed by atoms with Crippen LogP contribution in [0.5, 0.6) is 0 Å². The Balaban J connectivity index is 3.20. The third-order valence-corrected chi connectivity index (χ3v) is 4.02. The Kier molecular flexibility index (Phi) is 7.03. The molecule has 0 atom stereocenters. The molecule has 1 rings (SSSR count). The summed E-state index contributed by atoms with van der Waals surface area (Å²) in [6.07, 6.45) is 0.331. The van der Waals surface area contributed by atoms with Gasteiger partial charge in [-0.15, -0.1) is 0 Å². The average molecular weight is 368 g/mol. The lowest BCUT2D eigenvalue weighted by atomic mass is 10.0. The van der Waals surface area contributed by atoms with Crippen molar-refractivity contribution in [3.8, 4) is 0 Å². The number of nitrogens with zero attached hydrogens (tertiary/aromatic N) is 1. The fourth-order valence-corrected chi connectivity index (χ4v) is 2.32. The lowest BCUT2D eigenvalue weighted by Gasteiger charge is -2.15. The van der Waals surface area contributed by atoms with Gasteiger partial charge in [0.1, 0.15) is 6.61 Å². The van der Waals surface area contributed by atoms with Crippen LogP contribution in [-0.4, -0.2) is 40.0 Å². The average Bonchev–Trinajstić information content (AvgIpc) is 2.48. The van der Waals surface area contributed by atoms with Crippen LogP contribution in [0.4, 0.5) is 18.9 Å². The van der Waals surface area contributed by atoms with Crippen LogP contribution in [0.25, 0.3) is 0 Å². The molecule has 0 spiro atoms. The van der Waals surface area contributed by atoms with Gasteiger partial charge in [0.15, 0.2) is 0 Å². The van der Waals surface area contributed by atoms with E-state index in [0.29, 0.717) is 18.7 Å². The molecule has 0 fully saturated rings. The zero-order valence-electron chi connectivity index (χ0n) is 13.5. The van der Waals surface area contributed by atoms with Crippen LogP contribution in [0.3, 0.4) is 0 Å². The van der Waals surface area contributed by atoms with Crippen molar-refractivity contribution in [3.05, 3.63) is 29.3 Å². The first-order valence-corrected chi connectivity index (χ1v) is 8.48. The minimum atomic E-state index is -5.52. The second-order valence-corrected chi connectivity index (χ2v) is 6.49. The summed E-state index contributed by atoms with van der Waals surface area (Å²) in [5.41, 5.74) is -4.35. The van der Waals surface area contributed by atoms with Crippen molar-refractivity contribution < 1.29 is 31.2 Å². The lowest BCUT2D eigenvalue weighted by Crippen LogP contribution is -2.30. The maximum atomic E-state index is 12.6. The molecule has 1 aromatic rings. The Labute approximate surface area is 138 Å². The van der Waals surface area contributed by atoms with Crippen LogP contribution in [-0.2, 0) is 19.6 Å². The summed E-state index contributed by atoms with van der Waals surface area (Å²) in [5, 5.41) is 3.86. The molecule has 0 saturated heterocycles. The highest BCUT2D eigenvalue weighted by Gasteiger charge is 2.46. The number of methoxy groups -OCH3 is 1. The molecule has 1 aromatic carbocycles. The number of anilines is 1. The predicted octanol–water partition coefficient (Wildman–Crippen LogP) is 3.03. The molecule has 0 saturated carbocycles. The van der Waals surface area contributed by atoms with E-state index in [9.17, 15) is 21.6 Å². The van der Waals surface area contributed by atoms with Gasteiger partial charge in [0.25, 0.3) is 0 Å². The van der Waals surface area contributed by atoms with Crippen molar-refractivity contribution >= 4 is 21.4 Å². The van der Waals surface area contributed by atoms with Crippen LogP contribution < -0.4 is 4.72 Å². The number of nitrogens with one attached hydrogen (secondary N) is 1. The van der Waals surface area contributed by atoms with Gasteiger partial charge >= 0.3 is 15.5 Å². The van der Waals surface area contributed by atoms with Crippen LogP contribution >= 0.6 is 0 Å². The molecule has 0 radical (unpaired) electrons. The number of hydrogen-bond acceptors (Lipinski definition) is 5. The number of rotatable bonds is 8. The summed E-state index contributed by atoms with van der Waals surface area (Å²) in [4.78, 5) is 5.04. The largest absolute Gasteiger partial charge is 0.516 e. The molecular weight excluding hydrogens is 349 g/mol. The lowest BCUT2D eigenvalue weighted by molar-refractivity contribution is -0.0429. The molecule has 0 aliphatic heterocycles. The molecule has 6 nitrogen and oxygen atoms in total. The fourth-order valence-electron chi connectivity index (χ4n) is 1.74. The first-order valence-electron chi connectivity index (χ1n) is 7.00. The van der Waals surface area contributed by atoms with Gasteiger partial charge in [-0.05, 0) is 25.5 Å². The van der Waals surface area contributed by atoms with Crippen LogP contribution in [0.1, 0.15) is 24.5 Å². The van der Waals surface area contributed by atoms with Gasteiger partial charge in [-0.2, -0.15) is 21.6 Å². The van der Waals surface area contributed by atoms with Crippen molar-refractivity contribution in [2.24, 2.45) is 5.16 Å². The number of hydrogen-bond donors (Lipinski definition) is 1. The van der Waals surface area contributed by atoms with Gasteiger partial charge in [0, 0.05) is 12.7 Å². The van der Waals surface area contributed by atoms with E-state index in [1.54, 1.807) is 18.6 Å². The normalized spacial score (nSPS) is 13.0. The Morgan fingerprint density at radius 2 is 1.96 bits per heavy atom. The summed E-state index contributed by atoms with van der Waals surface area (Å²) in [7, 11) is -4.04. The molecule has 1 N–H and O–H groups in total. The monoisotopic (exact) mass is 368 g/mol. The molecule has 0 aromatic heterocycles. The number of oxime groups is 1. The maximum Gasteiger partial charge on any atom is 0.516 e. The zero-order valence-corrected chi connectivity index (χ0v) is 14.3. The van der Waals surface area contributed by atoms with Crippen LogP contribution in [0.15, 0.2) is 23.4 Å². The second-order valence-electron chi connectivity index (χ2n) is 4.82. The van der Waals surface area contributed by atoms with E-state index >= 15 is 0 Å². The fraction of sp³-hybridized carbons (Fsp3) is 0.500. The van der Waals surface area contributed by atoms with Crippen molar-refractivity contribution in [2.75, 3.05) is 25.0 Å². The summed E-state index contributed by atoms with van der Waals surface area (Å²) >= 11 is 0. The molecule has 24 heavy (non-hydrogen) atoms. The summed E-state index contributed by atoms with van der Waals surface area (Å²) < 4.78 is 66.8. The van der Waals surface area contributed by atoms with Crippen molar-refractivity contribution in [1.82, 2.24) is 0 Å². The van der Waals surface area contributed by atoms with E-state index in [-0.39, 0.29) is 17.9 Å². The third kappa shape index (κ3) is 5.38. The highest BCUT2D eigenvalue weighted by Crippen LogP contribution is 2.28. The molecule has 0 aliphatic carbocycles. The van der Waals surface area contributed by atoms with Gasteiger partial charge in [-0.25, -0.2) is 0 Å². The number of aryl methyl sites for hydroxylation is 1. The molecular formula is C14H19F3N2O4S. The van der Waals surface area contributed by atoms with E-state index < -0.39 is 15.5 Å². The van der Waals surface area contributed by atoms with Gasteiger partial charge < -0.3 is 9.57 Å². The van der Waals surface area contributed by atoms with Gasteiger partial charge in [0.2, 0.25) is 0 Å². The number of alkyl halides is 3. The minimum Gasteiger partial charge on any atom is -0.393 e. The number of ether oxygens (including phenoxy) is 1. The van der Waals surface area contributed by atoms with Crippen LogP contribution in [0, 0.1) is 6.92 Å². The molecule has 136 valence electrons. The van der Waals surface area contributed by atoms with E-state index in [1.807, 2.05) is 0 Å². The Morgan fingerprint density at radius 3 is 2.50 bits per heavy atom.